The summed E-state index contributed by atoms with van der Waals surface area (Å²) in [6.45, 7) is 5.59. The van der Waals surface area contributed by atoms with Gasteiger partial charge in [0.2, 0.25) is 10.0 Å². The van der Waals surface area contributed by atoms with Crippen molar-refractivity contribution in [2.24, 2.45) is 5.92 Å². The maximum atomic E-state index is 12.8. The molecule has 1 heterocycles. The van der Waals surface area contributed by atoms with Gasteiger partial charge in [-0.05, 0) is 55.9 Å². The molecule has 21 heavy (non-hydrogen) atoms. The number of methoxy groups -OCH3 is 1. The summed E-state index contributed by atoms with van der Waals surface area (Å²) < 4.78 is 32.2. The third-order valence-corrected chi connectivity index (χ3v) is 6.17. The number of ether oxygens (including phenoxy) is 1. The zero-order chi connectivity index (χ0) is 15.6. The van der Waals surface area contributed by atoms with Crippen LogP contribution in [0.2, 0.25) is 0 Å². The Balaban J connectivity index is 2.22. The van der Waals surface area contributed by atoms with Crippen molar-refractivity contribution in [3.63, 3.8) is 0 Å². The molecule has 118 valence electrons. The Bertz CT molecular complexity index is 606. The number of nitrogens with zero attached hydrogens (tertiary/aromatic N) is 1. The van der Waals surface area contributed by atoms with Gasteiger partial charge in [0.25, 0.3) is 0 Å². The number of piperidine rings is 1. The highest BCUT2D eigenvalue weighted by molar-refractivity contribution is 7.89. The maximum Gasteiger partial charge on any atom is 0.245 e. The molecule has 0 bridgehead atoms. The number of hydrogen-bond donors (Lipinski definition) is 1. The standard InChI is InChI=1S/C15H24N2O3S/c1-11-8-14(16)15(9-12(11)2)21(18,19)17-6-4-13(5-7-17)10-20-3/h8-9,13H,4-7,10,16H2,1-3H3. The Hall–Kier alpha value is -1.11. The van der Waals surface area contributed by atoms with E-state index in [0.29, 0.717) is 31.3 Å². The van der Waals surface area contributed by atoms with Gasteiger partial charge in [0.1, 0.15) is 4.90 Å². The number of nitrogen functional groups attached to an aromatic ring is 1. The van der Waals surface area contributed by atoms with Crippen LogP contribution in [-0.2, 0) is 14.8 Å². The van der Waals surface area contributed by atoms with Crippen molar-refractivity contribution in [1.29, 1.82) is 0 Å². The molecule has 1 aromatic carbocycles. The van der Waals surface area contributed by atoms with Gasteiger partial charge in [-0.25, -0.2) is 8.42 Å². The second kappa shape index (κ2) is 6.34. The molecular formula is C15H24N2O3S. The zero-order valence-electron chi connectivity index (χ0n) is 12.9. The van der Waals surface area contributed by atoms with Gasteiger partial charge in [-0.2, -0.15) is 4.31 Å². The van der Waals surface area contributed by atoms with E-state index < -0.39 is 10.0 Å². The molecule has 0 atom stereocenters. The van der Waals surface area contributed by atoms with Crippen LogP contribution in [0.5, 0.6) is 0 Å². The van der Waals surface area contributed by atoms with E-state index >= 15 is 0 Å². The second-order valence-corrected chi connectivity index (χ2v) is 7.68. The lowest BCUT2D eigenvalue weighted by Crippen LogP contribution is -2.39. The highest BCUT2D eigenvalue weighted by Crippen LogP contribution is 2.29. The number of nitrogens with two attached hydrogens (primary N) is 1. The number of hydrogen-bond acceptors (Lipinski definition) is 4. The van der Waals surface area contributed by atoms with Crippen molar-refractivity contribution >= 4 is 15.7 Å². The van der Waals surface area contributed by atoms with Crippen LogP contribution in [0, 0.1) is 19.8 Å². The van der Waals surface area contributed by atoms with E-state index in [2.05, 4.69) is 0 Å². The lowest BCUT2D eigenvalue weighted by molar-refractivity contribution is 0.121. The molecular weight excluding hydrogens is 288 g/mol. The monoisotopic (exact) mass is 312 g/mol. The Morgan fingerprint density at radius 1 is 1.24 bits per heavy atom. The van der Waals surface area contributed by atoms with Crippen LogP contribution in [0.1, 0.15) is 24.0 Å². The molecule has 5 nitrogen and oxygen atoms in total. The molecule has 0 amide bonds. The van der Waals surface area contributed by atoms with Gasteiger partial charge in [0.05, 0.1) is 5.69 Å². The van der Waals surface area contributed by atoms with Crippen LogP contribution >= 0.6 is 0 Å². The molecule has 2 N–H and O–H groups in total. The van der Waals surface area contributed by atoms with E-state index in [1.807, 2.05) is 13.8 Å². The van der Waals surface area contributed by atoms with Gasteiger partial charge < -0.3 is 10.5 Å². The SMILES string of the molecule is COCC1CCN(S(=O)(=O)c2cc(C)c(C)cc2N)CC1. The molecule has 6 heteroatoms. The van der Waals surface area contributed by atoms with Crippen LogP contribution in [0.3, 0.4) is 0 Å². The zero-order valence-corrected chi connectivity index (χ0v) is 13.7. The third kappa shape index (κ3) is 3.39. The summed E-state index contributed by atoms with van der Waals surface area (Å²) in [5.74, 6) is 0.443. The number of anilines is 1. The summed E-state index contributed by atoms with van der Waals surface area (Å²) in [5, 5.41) is 0. The number of aryl methyl sites for hydroxylation is 2. The minimum Gasteiger partial charge on any atom is -0.398 e. The van der Waals surface area contributed by atoms with Crippen molar-refractivity contribution in [2.75, 3.05) is 32.5 Å². The molecule has 1 aromatic rings. The summed E-state index contributed by atoms with van der Waals surface area (Å²) in [5.41, 5.74) is 8.21. The highest BCUT2D eigenvalue weighted by atomic mass is 32.2. The van der Waals surface area contributed by atoms with Crippen molar-refractivity contribution in [3.05, 3.63) is 23.3 Å². The molecule has 0 aromatic heterocycles. The van der Waals surface area contributed by atoms with Crippen LogP contribution in [0.4, 0.5) is 5.69 Å². The van der Waals surface area contributed by atoms with E-state index in [-0.39, 0.29) is 4.90 Å². The predicted molar refractivity (Wildman–Crippen MR) is 83.7 cm³/mol. The first kappa shape index (κ1) is 16.3. The average molecular weight is 312 g/mol. The Morgan fingerprint density at radius 2 is 1.81 bits per heavy atom. The fourth-order valence-electron chi connectivity index (χ4n) is 2.73. The van der Waals surface area contributed by atoms with Gasteiger partial charge in [-0.15, -0.1) is 0 Å². The minimum atomic E-state index is -3.50. The molecule has 0 spiro atoms. The summed E-state index contributed by atoms with van der Waals surface area (Å²) >= 11 is 0. The smallest absolute Gasteiger partial charge is 0.245 e. The Kier molecular flexibility index (Phi) is 4.91. The quantitative estimate of drug-likeness (QED) is 0.862. The van der Waals surface area contributed by atoms with Gasteiger partial charge in [-0.1, -0.05) is 0 Å². The van der Waals surface area contributed by atoms with Gasteiger partial charge in [0.15, 0.2) is 0 Å². The van der Waals surface area contributed by atoms with E-state index in [1.165, 1.54) is 0 Å². The van der Waals surface area contributed by atoms with Crippen LogP contribution < -0.4 is 5.73 Å². The summed E-state index contributed by atoms with van der Waals surface area (Å²) in [7, 11) is -1.82. The average Bonchev–Trinajstić information content (AvgIpc) is 2.43. The first-order valence-electron chi connectivity index (χ1n) is 7.22. The van der Waals surface area contributed by atoms with Gasteiger partial charge in [-0.3, -0.25) is 0 Å². The third-order valence-electron chi connectivity index (χ3n) is 4.22. The van der Waals surface area contributed by atoms with Crippen LogP contribution in [0.15, 0.2) is 17.0 Å². The maximum absolute atomic E-state index is 12.8. The number of rotatable bonds is 4. The summed E-state index contributed by atoms with van der Waals surface area (Å²) in [6, 6.07) is 3.42. The Labute approximate surface area is 127 Å². The van der Waals surface area contributed by atoms with Crippen molar-refractivity contribution in [3.8, 4) is 0 Å². The second-order valence-electron chi connectivity index (χ2n) is 5.78. The molecule has 0 saturated carbocycles. The van der Waals surface area contributed by atoms with Gasteiger partial charge in [0, 0.05) is 26.8 Å². The van der Waals surface area contributed by atoms with Crippen LogP contribution in [0.25, 0.3) is 0 Å². The number of benzene rings is 1. The predicted octanol–water partition coefficient (Wildman–Crippen LogP) is 1.93. The van der Waals surface area contributed by atoms with E-state index in [1.54, 1.807) is 23.5 Å². The normalized spacial score (nSPS) is 18.0. The molecule has 0 radical (unpaired) electrons. The lowest BCUT2D eigenvalue weighted by atomic mass is 9.99. The highest BCUT2D eigenvalue weighted by Gasteiger charge is 2.30. The molecule has 0 aliphatic carbocycles. The van der Waals surface area contributed by atoms with Crippen molar-refractivity contribution in [2.45, 2.75) is 31.6 Å². The van der Waals surface area contributed by atoms with Crippen molar-refractivity contribution in [1.82, 2.24) is 4.31 Å². The molecule has 1 saturated heterocycles. The summed E-state index contributed by atoms with van der Waals surface area (Å²) in [4.78, 5) is 0.232. The topological polar surface area (TPSA) is 72.6 Å². The number of sulfonamides is 1. The molecule has 0 unspecified atom stereocenters. The fourth-order valence-corrected chi connectivity index (χ4v) is 4.38. The van der Waals surface area contributed by atoms with Gasteiger partial charge >= 0.3 is 0 Å². The van der Waals surface area contributed by atoms with E-state index in [9.17, 15) is 8.42 Å². The van der Waals surface area contributed by atoms with E-state index in [0.717, 1.165) is 24.0 Å². The summed E-state index contributed by atoms with van der Waals surface area (Å²) in [6.07, 6.45) is 1.66. The lowest BCUT2D eigenvalue weighted by Gasteiger charge is -2.31. The fraction of sp³-hybridized carbons (Fsp3) is 0.600. The molecule has 2 rings (SSSR count). The molecule has 1 aliphatic heterocycles. The van der Waals surface area contributed by atoms with E-state index in [4.69, 9.17) is 10.5 Å². The minimum absolute atomic E-state index is 0.232. The van der Waals surface area contributed by atoms with Crippen LogP contribution in [-0.4, -0.2) is 39.5 Å². The molecule has 1 fully saturated rings. The van der Waals surface area contributed by atoms with Crippen molar-refractivity contribution < 1.29 is 13.2 Å². The first-order valence-corrected chi connectivity index (χ1v) is 8.66. The Morgan fingerprint density at radius 3 is 2.38 bits per heavy atom. The first-order chi connectivity index (χ1) is 9.86. The largest absolute Gasteiger partial charge is 0.398 e. The molecule has 1 aliphatic rings.